The summed E-state index contributed by atoms with van der Waals surface area (Å²) < 4.78 is 44.7. The molecule has 0 radical (unpaired) electrons. The van der Waals surface area contributed by atoms with Crippen molar-refractivity contribution in [3.63, 3.8) is 0 Å². The van der Waals surface area contributed by atoms with E-state index in [2.05, 4.69) is 6.92 Å². The maximum atomic E-state index is 14.1. The Morgan fingerprint density at radius 3 is 2.14 bits per heavy atom. The SMILES string of the molecule is CCCCC1CCC(C2CCC(COc3ccc(OCC)c(F)c3F)OC2)CC1. The van der Waals surface area contributed by atoms with Crippen LogP contribution in [-0.4, -0.2) is 25.9 Å². The van der Waals surface area contributed by atoms with E-state index in [-0.39, 0.29) is 30.8 Å². The van der Waals surface area contributed by atoms with E-state index in [1.165, 1.54) is 57.1 Å². The summed E-state index contributed by atoms with van der Waals surface area (Å²) in [6.07, 6.45) is 11.5. The lowest BCUT2D eigenvalue weighted by Gasteiger charge is -2.37. The molecule has 29 heavy (non-hydrogen) atoms. The molecule has 1 saturated carbocycles. The summed E-state index contributed by atoms with van der Waals surface area (Å²) >= 11 is 0. The Morgan fingerprint density at radius 1 is 0.897 bits per heavy atom. The lowest BCUT2D eigenvalue weighted by molar-refractivity contribution is -0.0565. The van der Waals surface area contributed by atoms with Crippen LogP contribution in [0.15, 0.2) is 12.1 Å². The van der Waals surface area contributed by atoms with Gasteiger partial charge in [-0.05, 0) is 62.5 Å². The number of unbranched alkanes of at least 4 members (excludes halogenated alkanes) is 1. The van der Waals surface area contributed by atoms with Crippen molar-refractivity contribution < 1.29 is 23.0 Å². The molecule has 3 rings (SSSR count). The smallest absolute Gasteiger partial charge is 0.204 e. The maximum absolute atomic E-state index is 14.1. The molecule has 2 fully saturated rings. The predicted octanol–water partition coefficient (Wildman–Crippen LogP) is 6.53. The lowest BCUT2D eigenvalue weighted by atomic mass is 9.73. The summed E-state index contributed by atoms with van der Waals surface area (Å²) in [5.41, 5.74) is 0. The fraction of sp³-hybridized carbons (Fsp3) is 0.750. The van der Waals surface area contributed by atoms with Crippen molar-refractivity contribution in [2.24, 2.45) is 17.8 Å². The standard InChI is InChI=1S/C24H36F2O3/c1-3-5-6-17-7-9-18(10-8-17)19-11-12-20(28-15-19)16-29-22-14-13-21(27-4-2)23(25)24(22)26/h13-14,17-20H,3-12,15-16H2,1-2H3. The second-order valence-electron chi connectivity index (χ2n) is 8.65. The van der Waals surface area contributed by atoms with Gasteiger partial charge < -0.3 is 14.2 Å². The van der Waals surface area contributed by atoms with Crippen molar-refractivity contribution in [3.8, 4) is 11.5 Å². The molecule has 1 aromatic carbocycles. The van der Waals surface area contributed by atoms with Crippen LogP contribution in [0.25, 0.3) is 0 Å². The van der Waals surface area contributed by atoms with Gasteiger partial charge >= 0.3 is 0 Å². The first kappa shape index (κ1) is 22.3. The van der Waals surface area contributed by atoms with Gasteiger partial charge in [0.05, 0.1) is 19.3 Å². The van der Waals surface area contributed by atoms with Crippen molar-refractivity contribution >= 4 is 0 Å². The molecule has 2 atom stereocenters. The number of benzene rings is 1. The monoisotopic (exact) mass is 410 g/mol. The minimum atomic E-state index is -0.997. The van der Waals surface area contributed by atoms with Gasteiger partial charge in [-0.2, -0.15) is 8.78 Å². The lowest BCUT2D eigenvalue weighted by Crippen LogP contribution is -2.35. The summed E-state index contributed by atoms with van der Waals surface area (Å²) in [5, 5.41) is 0. The Bertz CT molecular complexity index is 621. The molecular formula is C24H36F2O3. The fourth-order valence-electron chi connectivity index (χ4n) is 4.85. The normalized spacial score (nSPS) is 27.6. The van der Waals surface area contributed by atoms with Gasteiger partial charge in [0.15, 0.2) is 11.5 Å². The summed E-state index contributed by atoms with van der Waals surface area (Å²) in [7, 11) is 0. The van der Waals surface area contributed by atoms with Gasteiger partial charge in [0, 0.05) is 0 Å². The van der Waals surface area contributed by atoms with Gasteiger partial charge in [-0.25, -0.2) is 0 Å². The first-order valence-electron chi connectivity index (χ1n) is 11.5. The van der Waals surface area contributed by atoms with Gasteiger partial charge in [0.1, 0.15) is 6.61 Å². The first-order valence-corrected chi connectivity index (χ1v) is 11.5. The highest BCUT2D eigenvalue weighted by Crippen LogP contribution is 2.39. The largest absolute Gasteiger partial charge is 0.491 e. The number of hydrogen-bond acceptors (Lipinski definition) is 3. The molecule has 0 N–H and O–H groups in total. The van der Waals surface area contributed by atoms with Crippen LogP contribution >= 0.6 is 0 Å². The molecule has 5 heteroatoms. The highest BCUT2D eigenvalue weighted by Gasteiger charge is 2.31. The molecule has 0 aromatic heterocycles. The molecule has 2 aliphatic rings. The summed E-state index contributed by atoms with van der Waals surface area (Å²) in [4.78, 5) is 0. The molecule has 0 amide bonds. The van der Waals surface area contributed by atoms with E-state index < -0.39 is 11.6 Å². The van der Waals surface area contributed by atoms with E-state index in [0.717, 1.165) is 31.3 Å². The van der Waals surface area contributed by atoms with E-state index in [1.807, 2.05) is 0 Å². The topological polar surface area (TPSA) is 27.7 Å². The molecular weight excluding hydrogens is 374 g/mol. The molecule has 1 aliphatic carbocycles. The van der Waals surface area contributed by atoms with Crippen LogP contribution in [0.4, 0.5) is 8.78 Å². The van der Waals surface area contributed by atoms with Gasteiger partial charge in [-0.3, -0.25) is 0 Å². The van der Waals surface area contributed by atoms with Crippen molar-refractivity contribution in [3.05, 3.63) is 23.8 Å². The third-order valence-corrected chi connectivity index (χ3v) is 6.67. The minimum Gasteiger partial charge on any atom is -0.491 e. The van der Waals surface area contributed by atoms with E-state index in [0.29, 0.717) is 5.92 Å². The van der Waals surface area contributed by atoms with Gasteiger partial charge in [-0.15, -0.1) is 0 Å². The minimum absolute atomic E-state index is 0.0545. The number of rotatable bonds is 9. The zero-order valence-electron chi connectivity index (χ0n) is 17.9. The van der Waals surface area contributed by atoms with Crippen LogP contribution in [0, 0.1) is 29.4 Å². The third kappa shape index (κ3) is 6.07. The van der Waals surface area contributed by atoms with Gasteiger partial charge in [0.2, 0.25) is 11.6 Å². The Morgan fingerprint density at radius 2 is 1.55 bits per heavy atom. The molecule has 164 valence electrons. The summed E-state index contributed by atoms with van der Waals surface area (Å²) in [5.74, 6) is 0.195. The molecule has 1 heterocycles. The highest BCUT2D eigenvalue weighted by atomic mass is 19.2. The molecule has 1 aromatic rings. The molecule has 2 unspecified atom stereocenters. The zero-order chi connectivity index (χ0) is 20.6. The predicted molar refractivity (Wildman–Crippen MR) is 110 cm³/mol. The van der Waals surface area contributed by atoms with Gasteiger partial charge in [-0.1, -0.05) is 39.0 Å². The van der Waals surface area contributed by atoms with E-state index in [1.54, 1.807) is 6.92 Å². The molecule has 1 saturated heterocycles. The van der Waals surface area contributed by atoms with Crippen molar-refractivity contribution in [2.75, 3.05) is 19.8 Å². The molecule has 0 bridgehead atoms. The second-order valence-corrected chi connectivity index (χ2v) is 8.65. The van der Waals surface area contributed by atoms with Crippen LogP contribution in [0.3, 0.4) is 0 Å². The highest BCUT2D eigenvalue weighted by molar-refractivity contribution is 5.35. The number of hydrogen-bond donors (Lipinski definition) is 0. The van der Waals surface area contributed by atoms with Crippen LogP contribution in [0.2, 0.25) is 0 Å². The third-order valence-electron chi connectivity index (χ3n) is 6.67. The molecule has 1 aliphatic heterocycles. The summed E-state index contributed by atoms with van der Waals surface area (Å²) in [6, 6.07) is 2.83. The van der Waals surface area contributed by atoms with Crippen LogP contribution in [0.5, 0.6) is 11.5 Å². The number of ether oxygens (including phenoxy) is 3. The van der Waals surface area contributed by atoms with E-state index in [9.17, 15) is 8.78 Å². The zero-order valence-corrected chi connectivity index (χ0v) is 17.9. The average Bonchev–Trinajstić information content (AvgIpc) is 2.76. The van der Waals surface area contributed by atoms with E-state index >= 15 is 0 Å². The fourth-order valence-corrected chi connectivity index (χ4v) is 4.85. The summed E-state index contributed by atoms with van der Waals surface area (Å²) in [6.45, 7) is 5.30. The first-order chi connectivity index (χ1) is 14.1. The quantitative estimate of drug-likeness (QED) is 0.463. The Balaban J connectivity index is 1.40. The second kappa shape index (κ2) is 11.1. The number of halogens is 2. The van der Waals surface area contributed by atoms with Gasteiger partial charge in [0.25, 0.3) is 0 Å². The Labute approximate surface area is 174 Å². The van der Waals surface area contributed by atoms with Crippen LogP contribution < -0.4 is 9.47 Å². The van der Waals surface area contributed by atoms with Crippen molar-refractivity contribution in [1.82, 2.24) is 0 Å². The van der Waals surface area contributed by atoms with Crippen LogP contribution in [-0.2, 0) is 4.74 Å². The Hall–Kier alpha value is -1.36. The molecule has 0 spiro atoms. The Kier molecular flexibility index (Phi) is 8.58. The van der Waals surface area contributed by atoms with Crippen molar-refractivity contribution in [2.45, 2.75) is 77.7 Å². The molecule has 3 nitrogen and oxygen atoms in total. The van der Waals surface area contributed by atoms with E-state index in [4.69, 9.17) is 14.2 Å². The average molecular weight is 411 g/mol. The van der Waals surface area contributed by atoms with Crippen molar-refractivity contribution in [1.29, 1.82) is 0 Å². The van der Waals surface area contributed by atoms with Crippen LogP contribution in [0.1, 0.15) is 71.6 Å². The maximum Gasteiger partial charge on any atom is 0.204 e.